The molecule has 0 radical (unpaired) electrons. The fourth-order valence-electron chi connectivity index (χ4n) is 7.86. The van der Waals surface area contributed by atoms with Gasteiger partial charge < -0.3 is 14.2 Å². The Labute approximate surface area is 361 Å². The standard InChI is InChI=1S/C52H100O6/c1-5-7-9-11-13-15-17-19-21-23-24-26-31-35-39-43-50(53)56-46-49(47-57-51(54)44-40-36-32-29-28-30-34-38-42-48(3)4)58-52(55)45-41-37-33-27-25-22-20-18-16-14-12-10-8-6-2/h48-49H,5-47H2,1-4H3/t49-/m1/s1. The molecule has 344 valence electrons. The fraction of sp³-hybridized carbons (Fsp3) is 0.942. The molecule has 0 unspecified atom stereocenters. The van der Waals surface area contributed by atoms with Crippen LogP contribution in [0.2, 0.25) is 0 Å². The summed E-state index contributed by atoms with van der Waals surface area (Å²) in [7, 11) is 0. The SMILES string of the molecule is CCCCCCCCCCCCCCCCCC(=O)OC[C@H](COC(=O)CCCCCCCCCCC(C)C)OC(=O)CCCCCCCCCCCCCCCC. The van der Waals surface area contributed by atoms with E-state index in [9.17, 15) is 14.4 Å². The number of hydrogen-bond acceptors (Lipinski definition) is 6. The molecule has 0 aromatic heterocycles. The number of hydrogen-bond donors (Lipinski definition) is 0. The molecule has 0 N–H and O–H groups in total. The molecule has 0 rings (SSSR count). The van der Waals surface area contributed by atoms with Crippen LogP contribution >= 0.6 is 0 Å². The van der Waals surface area contributed by atoms with Crippen LogP contribution < -0.4 is 0 Å². The third-order valence-electron chi connectivity index (χ3n) is 11.8. The first-order chi connectivity index (χ1) is 28.4. The number of rotatable bonds is 47. The summed E-state index contributed by atoms with van der Waals surface area (Å²) < 4.78 is 16.8. The van der Waals surface area contributed by atoms with Crippen LogP contribution in [0.1, 0.15) is 291 Å². The van der Waals surface area contributed by atoms with Crippen LogP contribution in [0.25, 0.3) is 0 Å². The number of unbranched alkanes of at least 4 members (excludes halogenated alkanes) is 34. The van der Waals surface area contributed by atoms with Crippen molar-refractivity contribution in [3.05, 3.63) is 0 Å². The molecule has 0 aromatic rings. The second-order valence-corrected chi connectivity index (χ2v) is 18.3. The minimum Gasteiger partial charge on any atom is -0.462 e. The zero-order valence-electron chi connectivity index (χ0n) is 39.5. The molecule has 0 spiro atoms. The molecule has 0 saturated heterocycles. The summed E-state index contributed by atoms with van der Waals surface area (Å²) in [5, 5.41) is 0. The van der Waals surface area contributed by atoms with Crippen LogP contribution in [-0.4, -0.2) is 37.2 Å². The van der Waals surface area contributed by atoms with Gasteiger partial charge in [0.15, 0.2) is 6.10 Å². The highest BCUT2D eigenvalue weighted by atomic mass is 16.6. The van der Waals surface area contributed by atoms with Crippen molar-refractivity contribution < 1.29 is 28.6 Å². The van der Waals surface area contributed by atoms with Crippen LogP contribution in [0.5, 0.6) is 0 Å². The molecular formula is C52H100O6. The van der Waals surface area contributed by atoms with Crippen molar-refractivity contribution in [3.63, 3.8) is 0 Å². The van der Waals surface area contributed by atoms with E-state index >= 15 is 0 Å². The highest BCUT2D eigenvalue weighted by molar-refractivity contribution is 5.71. The van der Waals surface area contributed by atoms with Gasteiger partial charge in [-0.25, -0.2) is 0 Å². The van der Waals surface area contributed by atoms with E-state index < -0.39 is 6.10 Å². The average molecular weight is 821 g/mol. The Bertz CT molecular complexity index is 872. The average Bonchev–Trinajstić information content (AvgIpc) is 3.21. The molecule has 0 bridgehead atoms. The molecule has 6 heteroatoms. The van der Waals surface area contributed by atoms with Crippen LogP contribution in [-0.2, 0) is 28.6 Å². The normalized spacial score (nSPS) is 11.9. The van der Waals surface area contributed by atoms with Crippen LogP contribution in [0.3, 0.4) is 0 Å². The first-order valence-corrected chi connectivity index (χ1v) is 25.9. The second-order valence-electron chi connectivity index (χ2n) is 18.3. The Balaban J connectivity index is 4.30. The summed E-state index contributed by atoms with van der Waals surface area (Å²) in [4.78, 5) is 37.9. The Kier molecular flexibility index (Phi) is 45.2. The van der Waals surface area contributed by atoms with Gasteiger partial charge in [-0.05, 0) is 25.2 Å². The van der Waals surface area contributed by atoms with Crippen molar-refractivity contribution in [2.24, 2.45) is 5.92 Å². The number of ether oxygens (including phenoxy) is 3. The third-order valence-corrected chi connectivity index (χ3v) is 11.8. The number of esters is 3. The summed E-state index contributed by atoms with van der Waals surface area (Å²) in [6.45, 7) is 9.00. The molecule has 0 amide bonds. The van der Waals surface area contributed by atoms with Gasteiger partial charge in [0, 0.05) is 19.3 Å². The predicted molar refractivity (Wildman–Crippen MR) is 247 cm³/mol. The van der Waals surface area contributed by atoms with Crippen LogP contribution in [0, 0.1) is 5.92 Å². The van der Waals surface area contributed by atoms with Gasteiger partial charge in [-0.15, -0.1) is 0 Å². The van der Waals surface area contributed by atoms with E-state index in [1.54, 1.807) is 0 Å². The molecule has 58 heavy (non-hydrogen) atoms. The highest BCUT2D eigenvalue weighted by Gasteiger charge is 2.19. The molecule has 0 aliphatic heterocycles. The monoisotopic (exact) mass is 821 g/mol. The predicted octanol–water partition coefficient (Wildman–Crippen LogP) is 16.7. The highest BCUT2D eigenvalue weighted by Crippen LogP contribution is 2.17. The summed E-state index contributed by atoms with van der Waals surface area (Å²) in [5.41, 5.74) is 0. The lowest BCUT2D eigenvalue weighted by molar-refractivity contribution is -0.167. The summed E-state index contributed by atoms with van der Waals surface area (Å²) in [6.07, 6.45) is 48.0. The molecule has 0 aliphatic rings. The summed E-state index contributed by atoms with van der Waals surface area (Å²) in [5.74, 6) is -0.0492. The lowest BCUT2D eigenvalue weighted by Crippen LogP contribution is -2.30. The maximum Gasteiger partial charge on any atom is 0.306 e. The Morgan fingerprint density at radius 1 is 0.328 bits per heavy atom. The van der Waals surface area contributed by atoms with Gasteiger partial charge in [0.2, 0.25) is 0 Å². The van der Waals surface area contributed by atoms with E-state index in [1.165, 1.54) is 186 Å². The van der Waals surface area contributed by atoms with Gasteiger partial charge in [-0.3, -0.25) is 14.4 Å². The van der Waals surface area contributed by atoms with Crippen LogP contribution in [0.4, 0.5) is 0 Å². The molecular weight excluding hydrogens is 721 g/mol. The first-order valence-electron chi connectivity index (χ1n) is 25.9. The van der Waals surface area contributed by atoms with Gasteiger partial charge in [0.1, 0.15) is 13.2 Å². The first kappa shape index (κ1) is 56.4. The summed E-state index contributed by atoms with van der Waals surface area (Å²) in [6, 6.07) is 0. The third kappa shape index (κ3) is 45.5. The van der Waals surface area contributed by atoms with Crippen molar-refractivity contribution in [1.82, 2.24) is 0 Å². The molecule has 0 saturated carbocycles. The van der Waals surface area contributed by atoms with Crippen molar-refractivity contribution in [2.75, 3.05) is 13.2 Å². The fourth-order valence-corrected chi connectivity index (χ4v) is 7.86. The van der Waals surface area contributed by atoms with Crippen molar-refractivity contribution in [1.29, 1.82) is 0 Å². The summed E-state index contributed by atoms with van der Waals surface area (Å²) >= 11 is 0. The zero-order valence-corrected chi connectivity index (χ0v) is 39.5. The molecule has 0 aromatic carbocycles. The Morgan fingerprint density at radius 3 is 0.845 bits per heavy atom. The number of carbonyl (C=O) groups is 3. The smallest absolute Gasteiger partial charge is 0.306 e. The van der Waals surface area contributed by atoms with E-state index in [4.69, 9.17) is 14.2 Å². The van der Waals surface area contributed by atoms with Crippen molar-refractivity contribution >= 4 is 17.9 Å². The maximum absolute atomic E-state index is 12.8. The van der Waals surface area contributed by atoms with Gasteiger partial charge in [0.05, 0.1) is 0 Å². The second kappa shape index (κ2) is 46.5. The Morgan fingerprint density at radius 2 is 0.569 bits per heavy atom. The largest absolute Gasteiger partial charge is 0.462 e. The number of carbonyl (C=O) groups excluding carboxylic acids is 3. The van der Waals surface area contributed by atoms with Gasteiger partial charge >= 0.3 is 17.9 Å². The minimum atomic E-state index is -0.760. The lowest BCUT2D eigenvalue weighted by atomic mass is 10.0. The van der Waals surface area contributed by atoms with Gasteiger partial charge in [0.25, 0.3) is 0 Å². The van der Waals surface area contributed by atoms with E-state index in [-0.39, 0.29) is 31.1 Å². The van der Waals surface area contributed by atoms with Crippen molar-refractivity contribution in [2.45, 2.75) is 297 Å². The zero-order chi connectivity index (χ0) is 42.4. The maximum atomic E-state index is 12.8. The minimum absolute atomic E-state index is 0.0630. The van der Waals surface area contributed by atoms with E-state index in [1.807, 2.05) is 0 Å². The van der Waals surface area contributed by atoms with Crippen LogP contribution in [0.15, 0.2) is 0 Å². The molecule has 0 heterocycles. The van der Waals surface area contributed by atoms with E-state index in [0.717, 1.165) is 63.7 Å². The molecule has 1 atom stereocenters. The molecule has 0 fully saturated rings. The van der Waals surface area contributed by atoms with Gasteiger partial charge in [-0.1, -0.05) is 252 Å². The Hall–Kier alpha value is -1.59. The quantitative estimate of drug-likeness (QED) is 0.0346. The van der Waals surface area contributed by atoms with E-state index in [0.29, 0.717) is 19.3 Å². The van der Waals surface area contributed by atoms with Crippen molar-refractivity contribution in [3.8, 4) is 0 Å². The van der Waals surface area contributed by atoms with Gasteiger partial charge in [-0.2, -0.15) is 0 Å². The topological polar surface area (TPSA) is 78.9 Å². The molecule has 0 aliphatic carbocycles. The van der Waals surface area contributed by atoms with E-state index in [2.05, 4.69) is 27.7 Å². The lowest BCUT2D eigenvalue weighted by Gasteiger charge is -2.18. The molecule has 6 nitrogen and oxygen atoms in total.